The molecule has 4 heterocycles. The van der Waals surface area contributed by atoms with Crippen LogP contribution in [0.25, 0.3) is 121 Å². The van der Waals surface area contributed by atoms with E-state index < -0.39 is 0 Å². The Balaban J connectivity index is 0.955. The zero-order valence-corrected chi connectivity index (χ0v) is 32.1. The molecule has 278 valence electrons. The Hall–Kier alpha value is -8.33. The number of nitriles is 1. The third kappa shape index (κ3) is 4.67. The molecule has 5 nitrogen and oxygen atoms in total. The van der Waals surface area contributed by atoms with E-state index in [4.69, 9.17) is 8.83 Å². The molecule has 0 amide bonds. The van der Waals surface area contributed by atoms with Crippen molar-refractivity contribution in [2.24, 2.45) is 0 Å². The van der Waals surface area contributed by atoms with Crippen LogP contribution >= 0.6 is 0 Å². The molecular formula is C55H31N3O2. The van der Waals surface area contributed by atoms with Gasteiger partial charge in [-0.1, -0.05) is 91.0 Å². The number of hydrogen-bond donors (Lipinski definition) is 0. The number of rotatable bonds is 4. The summed E-state index contributed by atoms with van der Waals surface area (Å²) in [5.41, 5.74) is 15.4. The summed E-state index contributed by atoms with van der Waals surface area (Å²) >= 11 is 0. The molecule has 4 aromatic heterocycles. The van der Waals surface area contributed by atoms with E-state index in [-0.39, 0.29) is 0 Å². The summed E-state index contributed by atoms with van der Waals surface area (Å²) in [4.78, 5) is 0. The lowest BCUT2D eigenvalue weighted by atomic mass is 9.95. The fourth-order valence-electron chi connectivity index (χ4n) is 9.66. The minimum Gasteiger partial charge on any atom is -0.456 e. The largest absolute Gasteiger partial charge is 0.456 e. The van der Waals surface area contributed by atoms with Crippen LogP contribution in [0.4, 0.5) is 0 Å². The smallest absolute Gasteiger partial charge is 0.135 e. The molecule has 0 N–H and O–H groups in total. The quantitative estimate of drug-likeness (QED) is 0.179. The lowest BCUT2D eigenvalue weighted by Crippen LogP contribution is -1.93. The number of nitrogens with zero attached hydrogens (tertiary/aromatic N) is 3. The van der Waals surface area contributed by atoms with Crippen molar-refractivity contribution in [2.45, 2.75) is 0 Å². The summed E-state index contributed by atoms with van der Waals surface area (Å²) in [6.45, 7) is 0. The molecule has 0 unspecified atom stereocenters. The summed E-state index contributed by atoms with van der Waals surface area (Å²) < 4.78 is 17.1. The second kappa shape index (κ2) is 12.3. The number of benzene rings is 9. The van der Waals surface area contributed by atoms with E-state index in [0.29, 0.717) is 5.56 Å². The number of para-hydroxylation sites is 3. The van der Waals surface area contributed by atoms with Crippen LogP contribution in [0.3, 0.4) is 0 Å². The molecule has 0 spiro atoms. The highest BCUT2D eigenvalue weighted by atomic mass is 16.3. The van der Waals surface area contributed by atoms with Crippen molar-refractivity contribution in [1.82, 2.24) is 9.13 Å². The number of furan rings is 2. The highest BCUT2D eigenvalue weighted by Crippen LogP contribution is 2.42. The average molecular weight is 766 g/mol. The molecule has 0 aliphatic rings. The van der Waals surface area contributed by atoms with E-state index in [1.165, 1.54) is 38.2 Å². The first kappa shape index (κ1) is 32.7. The molecule has 5 heteroatoms. The van der Waals surface area contributed by atoms with Crippen LogP contribution in [0.5, 0.6) is 0 Å². The molecule has 60 heavy (non-hydrogen) atoms. The fraction of sp³-hybridized carbons (Fsp3) is 0. The van der Waals surface area contributed by atoms with Gasteiger partial charge in [0.25, 0.3) is 0 Å². The molecule has 13 rings (SSSR count). The summed E-state index contributed by atoms with van der Waals surface area (Å²) in [6.07, 6.45) is 0. The van der Waals surface area contributed by atoms with Crippen molar-refractivity contribution >= 4 is 87.5 Å². The van der Waals surface area contributed by atoms with Crippen LogP contribution in [0.15, 0.2) is 197 Å². The third-order valence-corrected chi connectivity index (χ3v) is 12.3. The van der Waals surface area contributed by atoms with E-state index in [9.17, 15) is 5.26 Å². The van der Waals surface area contributed by atoms with E-state index in [0.717, 1.165) is 82.9 Å². The van der Waals surface area contributed by atoms with Crippen LogP contribution < -0.4 is 0 Å². The Bertz CT molecular complexity index is 3980. The van der Waals surface area contributed by atoms with Crippen LogP contribution in [-0.2, 0) is 0 Å². The first-order chi connectivity index (χ1) is 29.7. The summed E-state index contributed by atoms with van der Waals surface area (Å²) in [5.74, 6) is 0. The van der Waals surface area contributed by atoms with Gasteiger partial charge in [0.05, 0.1) is 33.7 Å². The van der Waals surface area contributed by atoms with Gasteiger partial charge in [0.1, 0.15) is 22.3 Å². The minimum absolute atomic E-state index is 0.614. The normalized spacial score (nSPS) is 12.0. The number of aromatic nitrogens is 2. The predicted octanol–water partition coefficient (Wildman–Crippen LogP) is 14.9. The molecule has 0 atom stereocenters. The van der Waals surface area contributed by atoms with E-state index in [1.54, 1.807) is 6.07 Å². The standard InChI is InChI=1S/C55H31N3O2/c56-32-33-19-24-52-44(27-33)46-31-38(22-26-54(46)60-52)58-48-16-5-2-13-42(48)55-39(14-8-17-50(55)58)36-10-7-9-34(28-36)35-20-23-49-43(29-35)40-11-1-4-15-47(40)57(49)37-21-25-53-45(30-37)41-12-3-6-18-51(41)59-53/h1-31H. The summed E-state index contributed by atoms with van der Waals surface area (Å²) in [5, 5.41) is 18.6. The maximum atomic E-state index is 9.63. The van der Waals surface area contributed by atoms with E-state index in [2.05, 4.69) is 167 Å². The van der Waals surface area contributed by atoms with Crippen molar-refractivity contribution in [2.75, 3.05) is 0 Å². The Morgan fingerprint density at radius 1 is 0.350 bits per heavy atom. The fourth-order valence-corrected chi connectivity index (χ4v) is 9.66. The zero-order valence-electron chi connectivity index (χ0n) is 32.1. The number of fused-ring (bicyclic) bond motifs is 12. The van der Waals surface area contributed by atoms with Gasteiger partial charge in [-0.2, -0.15) is 5.26 Å². The van der Waals surface area contributed by atoms with Gasteiger partial charge in [0.15, 0.2) is 0 Å². The van der Waals surface area contributed by atoms with Gasteiger partial charge in [0.2, 0.25) is 0 Å². The molecule has 0 aliphatic heterocycles. The Kier molecular flexibility index (Phi) is 6.73. The summed E-state index contributed by atoms with van der Waals surface area (Å²) in [6, 6.07) is 68.8. The van der Waals surface area contributed by atoms with Crippen molar-refractivity contribution < 1.29 is 8.83 Å². The molecule has 0 aliphatic carbocycles. The van der Waals surface area contributed by atoms with Crippen LogP contribution in [0.2, 0.25) is 0 Å². The molecule has 0 bridgehead atoms. The minimum atomic E-state index is 0.614. The SMILES string of the molecule is N#Cc1ccc2oc3ccc(-n4c5ccccc5c5c(-c6cccc(-c7ccc8c(c7)c7ccccc7n8-c7ccc8oc9ccccc9c8c7)c6)cccc54)cc3c2c1. The summed E-state index contributed by atoms with van der Waals surface area (Å²) in [7, 11) is 0. The van der Waals surface area contributed by atoms with Gasteiger partial charge < -0.3 is 18.0 Å². The zero-order chi connectivity index (χ0) is 39.5. The van der Waals surface area contributed by atoms with Crippen molar-refractivity contribution in [3.8, 4) is 39.7 Å². The molecule has 0 radical (unpaired) electrons. The lowest BCUT2D eigenvalue weighted by Gasteiger charge is -2.11. The molecular weight excluding hydrogens is 735 g/mol. The van der Waals surface area contributed by atoms with Crippen molar-refractivity contribution in [3.05, 3.63) is 194 Å². The highest BCUT2D eigenvalue weighted by molar-refractivity contribution is 6.17. The van der Waals surface area contributed by atoms with Crippen LogP contribution in [0.1, 0.15) is 5.56 Å². The second-order valence-corrected chi connectivity index (χ2v) is 15.6. The topological polar surface area (TPSA) is 59.9 Å². The molecule has 9 aromatic carbocycles. The van der Waals surface area contributed by atoms with Gasteiger partial charge in [-0.15, -0.1) is 0 Å². The second-order valence-electron chi connectivity index (χ2n) is 15.6. The van der Waals surface area contributed by atoms with Gasteiger partial charge in [-0.25, -0.2) is 0 Å². The maximum absolute atomic E-state index is 9.63. The van der Waals surface area contributed by atoms with E-state index >= 15 is 0 Å². The van der Waals surface area contributed by atoms with Gasteiger partial charge in [0, 0.05) is 54.5 Å². The molecule has 0 saturated heterocycles. The Morgan fingerprint density at radius 3 is 1.68 bits per heavy atom. The maximum Gasteiger partial charge on any atom is 0.135 e. The van der Waals surface area contributed by atoms with Crippen LogP contribution in [0, 0.1) is 11.3 Å². The van der Waals surface area contributed by atoms with E-state index in [1.807, 2.05) is 30.3 Å². The molecule has 13 aromatic rings. The molecule has 0 fully saturated rings. The van der Waals surface area contributed by atoms with Gasteiger partial charge in [-0.3, -0.25) is 0 Å². The third-order valence-electron chi connectivity index (χ3n) is 12.3. The predicted molar refractivity (Wildman–Crippen MR) is 245 cm³/mol. The Morgan fingerprint density at radius 2 is 0.900 bits per heavy atom. The van der Waals surface area contributed by atoms with Crippen LogP contribution in [-0.4, -0.2) is 9.13 Å². The molecule has 0 saturated carbocycles. The Labute approximate surface area is 342 Å². The highest BCUT2D eigenvalue weighted by Gasteiger charge is 2.19. The first-order valence-corrected chi connectivity index (χ1v) is 20.1. The average Bonchev–Trinajstić information content (AvgIpc) is 4.06. The van der Waals surface area contributed by atoms with Crippen molar-refractivity contribution in [1.29, 1.82) is 5.26 Å². The lowest BCUT2D eigenvalue weighted by molar-refractivity contribution is 0.668. The van der Waals surface area contributed by atoms with Gasteiger partial charge in [-0.05, 0) is 119 Å². The first-order valence-electron chi connectivity index (χ1n) is 20.1. The van der Waals surface area contributed by atoms with Crippen molar-refractivity contribution in [3.63, 3.8) is 0 Å². The van der Waals surface area contributed by atoms with Gasteiger partial charge >= 0.3 is 0 Å². The number of hydrogen-bond acceptors (Lipinski definition) is 3. The monoisotopic (exact) mass is 765 g/mol.